The number of benzene rings is 1. The van der Waals surface area contributed by atoms with Gasteiger partial charge >= 0.3 is 48.9 Å². The SMILES string of the molecule is S.[BaH2].[c]1ccccc1. The molecule has 0 bridgehead atoms. The Labute approximate surface area is 97.2 Å². The zero-order valence-corrected chi connectivity index (χ0v) is 4.89. The summed E-state index contributed by atoms with van der Waals surface area (Å²) in [6, 6.07) is 12.5. The molecule has 0 amide bonds. The van der Waals surface area contributed by atoms with Crippen LogP contribution in [0.5, 0.6) is 0 Å². The van der Waals surface area contributed by atoms with Crippen LogP contribution in [0.25, 0.3) is 0 Å². The molecule has 0 aliphatic heterocycles. The van der Waals surface area contributed by atoms with E-state index in [2.05, 4.69) is 6.07 Å². The van der Waals surface area contributed by atoms with Crippen molar-refractivity contribution in [2.24, 2.45) is 0 Å². The standard InChI is InChI=1S/C6H5.Ba.H2S.2H/c1-2-4-6-5-3-1;;;;/h1-5H;;1H2;;. The average Bonchev–Trinajstić information content (AvgIpc) is 1.72. The molecule has 0 spiro atoms. The Morgan fingerprint density at radius 2 is 1.38 bits per heavy atom. The third-order valence-corrected chi connectivity index (χ3v) is 0.607. The third kappa shape index (κ3) is 5.28. The van der Waals surface area contributed by atoms with Crippen LogP contribution in [0.1, 0.15) is 0 Å². The van der Waals surface area contributed by atoms with Gasteiger partial charge in [0.2, 0.25) is 0 Å². The summed E-state index contributed by atoms with van der Waals surface area (Å²) in [5.74, 6) is 0. The summed E-state index contributed by atoms with van der Waals surface area (Å²) < 4.78 is 0. The van der Waals surface area contributed by atoms with Crippen LogP contribution in [-0.2, 0) is 0 Å². The van der Waals surface area contributed by atoms with Crippen molar-refractivity contribution in [3.05, 3.63) is 36.4 Å². The third-order valence-electron chi connectivity index (χ3n) is 0.607. The van der Waals surface area contributed by atoms with Crippen LogP contribution < -0.4 is 0 Å². The first-order valence-corrected chi connectivity index (χ1v) is 1.91. The quantitative estimate of drug-likeness (QED) is 0.594. The molecular weight excluding hydrogens is 241 g/mol. The largest absolute Gasteiger partial charge is 0.0622 e. The average molecular weight is 251 g/mol. The Morgan fingerprint density at radius 3 is 1.50 bits per heavy atom. The van der Waals surface area contributed by atoms with E-state index >= 15 is 0 Å². The summed E-state index contributed by atoms with van der Waals surface area (Å²) in [5.41, 5.74) is 0. The molecule has 0 heterocycles. The first-order chi connectivity index (χ1) is 3.00. The van der Waals surface area contributed by atoms with E-state index in [0.717, 1.165) is 0 Å². The molecule has 0 saturated heterocycles. The fraction of sp³-hybridized carbons (Fsp3) is 0. The fourth-order valence-corrected chi connectivity index (χ4v) is 0.342. The summed E-state index contributed by atoms with van der Waals surface area (Å²) in [6.07, 6.45) is 0. The van der Waals surface area contributed by atoms with Crippen molar-refractivity contribution in [2.45, 2.75) is 0 Å². The Bertz CT molecular complexity index is 80.5. The van der Waals surface area contributed by atoms with E-state index in [1.165, 1.54) is 0 Å². The van der Waals surface area contributed by atoms with E-state index in [0.29, 0.717) is 0 Å². The Balaban J connectivity index is 0. The van der Waals surface area contributed by atoms with Gasteiger partial charge < -0.3 is 0 Å². The van der Waals surface area contributed by atoms with Crippen LogP contribution in [0, 0.1) is 6.07 Å². The molecule has 1 radical (unpaired) electrons. The molecule has 0 aliphatic carbocycles. The van der Waals surface area contributed by atoms with Crippen molar-refractivity contribution in [3.8, 4) is 0 Å². The van der Waals surface area contributed by atoms with Crippen molar-refractivity contribution >= 4 is 62.4 Å². The predicted octanol–water partition coefficient (Wildman–Crippen LogP) is 0.683. The smallest absolute Gasteiger partial charge is 0.0184 e. The molecule has 0 unspecified atom stereocenters. The van der Waals surface area contributed by atoms with Crippen molar-refractivity contribution in [2.75, 3.05) is 0 Å². The molecule has 41 valence electrons. The molecule has 0 fully saturated rings. The molecule has 8 heavy (non-hydrogen) atoms. The van der Waals surface area contributed by atoms with E-state index in [-0.39, 0.29) is 62.4 Å². The number of rotatable bonds is 0. The van der Waals surface area contributed by atoms with Gasteiger partial charge in [-0.1, -0.05) is 30.3 Å². The van der Waals surface area contributed by atoms with Crippen LogP contribution in [0.2, 0.25) is 0 Å². The zero-order valence-electron chi connectivity index (χ0n) is 3.89. The molecule has 1 aromatic rings. The van der Waals surface area contributed by atoms with Crippen LogP contribution >= 0.6 is 13.5 Å². The van der Waals surface area contributed by atoms with Gasteiger partial charge in [-0.25, -0.2) is 0 Å². The Kier molecular flexibility index (Phi) is 12.1. The predicted molar refractivity (Wildman–Crippen MR) is 44.2 cm³/mol. The zero-order chi connectivity index (χ0) is 4.24. The van der Waals surface area contributed by atoms with Crippen molar-refractivity contribution in [3.63, 3.8) is 0 Å². The van der Waals surface area contributed by atoms with Gasteiger partial charge in [-0.3, -0.25) is 0 Å². The summed E-state index contributed by atoms with van der Waals surface area (Å²) >= 11 is 0. The van der Waals surface area contributed by atoms with Gasteiger partial charge in [0.25, 0.3) is 0 Å². The minimum atomic E-state index is 0. The molecule has 0 N–H and O–H groups in total. The minimum Gasteiger partial charge on any atom is -0.0622 e. The molecule has 0 atom stereocenters. The second-order valence-corrected chi connectivity index (χ2v) is 1.08. The molecule has 0 aliphatic rings. The number of hydrogen-bond acceptors (Lipinski definition) is 0. The maximum absolute atomic E-state index is 2.89. The fourth-order valence-electron chi connectivity index (χ4n) is 0.342. The second-order valence-electron chi connectivity index (χ2n) is 1.08. The van der Waals surface area contributed by atoms with Gasteiger partial charge in [-0.15, -0.1) is 0 Å². The summed E-state index contributed by atoms with van der Waals surface area (Å²) in [6.45, 7) is 0. The Hall–Kier alpha value is 1.14. The second kappa shape index (κ2) is 8.14. The number of hydrogen-bond donors (Lipinski definition) is 0. The van der Waals surface area contributed by atoms with E-state index in [1.807, 2.05) is 30.3 Å². The Morgan fingerprint density at radius 1 is 0.875 bits per heavy atom. The topological polar surface area (TPSA) is 0 Å². The van der Waals surface area contributed by atoms with E-state index in [1.54, 1.807) is 0 Å². The van der Waals surface area contributed by atoms with Gasteiger partial charge in [-0.2, -0.15) is 13.5 Å². The van der Waals surface area contributed by atoms with Gasteiger partial charge in [0.1, 0.15) is 0 Å². The molecule has 1 aromatic carbocycles. The first-order valence-electron chi connectivity index (χ1n) is 1.91. The minimum absolute atomic E-state index is 0. The molecule has 2 heteroatoms. The summed E-state index contributed by atoms with van der Waals surface area (Å²) in [7, 11) is 0. The molecule has 0 aromatic heterocycles. The van der Waals surface area contributed by atoms with Gasteiger partial charge in [0.15, 0.2) is 0 Å². The van der Waals surface area contributed by atoms with Gasteiger partial charge in [0, 0.05) is 0 Å². The summed E-state index contributed by atoms with van der Waals surface area (Å²) in [4.78, 5) is 0. The maximum atomic E-state index is 2.89. The van der Waals surface area contributed by atoms with Crippen LogP contribution in [0.15, 0.2) is 30.3 Å². The first kappa shape index (κ1) is 11.9. The maximum Gasteiger partial charge on any atom is -0.0184 e. The van der Waals surface area contributed by atoms with Crippen LogP contribution in [0.3, 0.4) is 0 Å². The molecule has 1 rings (SSSR count). The molecule has 0 nitrogen and oxygen atoms in total. The van der Waals surface area contributed by atoms with Gasteiger partial charge in [0.05, 0.1) is 0 Å². The van der Waals surface area contributed by atoms with E-state index in [4.69, 9.17) is 0 Å². The normalized spacial score (nSPS) is 6.00. The van der Waals surface area contributed by atoms with E-state index in [9.17, 15) is 0 Å². The summed E-state index contributed by atoms with van der Waals surface area (Å²) in [5, 5.41) is 0. The van der Waals surface area contributed by atoms with Crippen molar-refractivity contribution in [1.82, 2.24) is 0 Å². The molecule has 0 saturated carbocycles. The van der Waals surface area contributed by atoms with Crippen LogP contribution in [-0.4, -0.2) is 48.9 Å². The van der Waals surface area contributed by atoms with Crippen molar-refractivity contribution in [1.29, 1.82) is 0 Å². The van der Waals surface area contributed by atoms with Gasteiger partial charge in [-0.05, 0) is 6.07 Å². The van der Waals surface area contributed by atoms with Crippen molar-refractivity contribution < 1.29 is 0 Å². The van der Waals surface area contributed by atoms with E-state index < -0.39 is 0 Å². The van der Waals surface area contributed by atoms with Crippen LogP contribution in [0.4, 0.5) is 0 Å². The molecular formula is C6H9BaS. The monoisotopic (exact) mass is 251 g/mol.